The maximum Gasteiger partial charge on any atom is 0.290 e. The van der Waals surface area contributed by atoms with E-state index in [9.17, 15) is 14.4 Å². The summed E-state index contributed by atoms with van der Waals surface area (Å²) in [5.41, 5.74) is 7.14. The van der Waals surface area contributed by atoms with Gasteiger partial charge in [0.2, 0.25) is 0 Å². The minimum absolute atomic E-state index is 0.153. The van der Waals surface area contributed by atoms with E-state index in [4.69, 9.17) is 8.83 Å². The predicted octanol–water partition coefficient (Wildman–Crippen LogP) is 2.52. The molecule has 3 heterocycles. The van der Waals surface area contributed by atoms with Crippen molar-refractivity contribution in [3.63, 3.8) is 0 Å². The summed E-state index contributed by atoms with van der Waals surface area (Å²) in [5, 5.41) is 0. The van der Waals surface area contributed by atoms with Crippen LogP contribution in [0.1, 0.15) is 43.6 Å². The van der Waals surface area contributed by atoms with Crippen molar-refractivity contribution in [2.24, 2.45) is 0 Å². The SMILES string of the molecule is Cc1cc(C(=O)NNC(=O)C2Cc3ccccc3CN2C(=O)c2ccco2)c(C)o1. The van der Waals surface area contributed by atoms with Crippen LogP contribution < -0.4 is 10.9 Å². The second-order valence-corrected chi connectivity index (χ2v) is 7.17. The lowest BCUT2D eigenvalue weighted by atomic mass is 9.93. The van der Waals surface area contributed by atoms with Crippen LogP contribution in [0, 0.1) is 13.8 Å². The zero-order chi connectivity index (χ0) is 21.3. The summed E-state index contributed by atoms with van der Waals surface area (Å²) in [7, 11) is 0. The monoisotopic (exact) mass is 407 g/mol. The Balaban J connectivity index is 1.53. The summed E-state index contributed by atoms with van der Waals surface area (Å²) in [6.45, 7) is 3.67. The Kier molecular flexibility index (Phi) is 5.14. The Morgan fingerprint density at radius 2 is 1.80 bits per heavy atom. The van der Waals surface area contributed by atoms with E-state index in [1.54, 1.807) is 32.0 Å². The van der Waals surface area contributed by atoms with Gasteiger partial charge < -0.3 is 13.7 Å². The van der Waals surface area contributed by atoms with Gasteiger partial charge >= 0.3 is 0 Å². The van der Waals surface area contributed by atoms with Crippen LogP contribution in [0.2, 0.25) is 0 Å². The normalized spacial score (nSPS) is 15.4. The van der Waals surface area contributed by atoms with E-state index in [1.165, 1.54) is 11.2 Å². The summed E-state index contributed by atoms with van der Waals surface area (Å²) >= 11 is 0. The van der Waals surface area contributed by atoms with Gasteiger partial charge in [-0.3, -0.25) is 25.2 Å². The zero-order valence-corrected chi connectivity index (χ0v) is 16.6. The maximum absolute atomic E-state index is 12.9. The van der Waals surface area contributed by atoms with E-state index in [1.807, 2.05) is 24.3 Å². The number of fused-ring (bicyclic) bond motifs is 1. The number of hydrogen-bond donors (Lipinski definition) is 2. The predicted molar refractivity (Wildman–Crippen MR) is 106 cm³/mol. The van der Waals surface area contributed by atoms with Crippen LogP contribution in [0.5, 0.6) is 0 Å². The second-order valence-electron chi connectivity index (χ2n) is 7.17. The second kappa shape index (κ2) is 7.90. The van der Waals surface area contributed by atoms with E-state index < -0.39 is 17.9 Å². The van der Waals surface area contributed by atoms with Crippen molar-refractivity contribution in [2.45, 2.75) is 32.9 Å². The van der Waals surface area contributed by atoms with Gasteiger partial charge in [0.15, 0.2) is 5.76 Å². The Morgan fingerprint density at radius 1 is 1.03 bits per heavy atom. The lowest BCUT2D eigenvalue weighted by Crippen LogP contribution is -2.56. The van der Waals surface area contributed by atoms with Gasteiger partial charge in [-0.15, -0.1) is 0 Å². The Morgan fingerprint density at radius 3 is 2.47 bits per heavy atom. The lowest BCUT2D eigenvalue weighted by Gasteiger charge is -2.35. The van der Waals surface area contributed by atoms with Crippen molar-refractivity contribution in [2.75, 3.05) is 0 Å². The summed E-state index contributed by atoms with van der Waals surface area (Å²) in [6, 6.07) is 11.6. The number of benzene rings is 1. The van der Waals surface area contributed by atoms with Crippen molar-refractivity contribution in [3.8, 4) is 0 Å². The number of nitrogens with one attached hydrogen (secondary N) is 2. The molecule has 0 radical (unpaired) electrons. The van der Waals surface area contributed by atoms with Crippen LogP contribution in [0.15, 0.2) is 57.6 Å². The molecule has 30 heavy (non-hydrogen) atoms. The van der Waals surface area contributed by atoms with Crippen LogP contribution >= 0.6 is 0 Å². The molecule has 2 aromatic heterocycles. The fraction of sp³-hybridized carbons (Fsp3) is 0.227. The highest BCUT2D eigenvalue weighted by Gasteiger charge is 2.36. The van der Waals surface area contributed by atoms with Gasteiger partial charge in [-0.1, -0.05) is 24.3 Å². The molecule has 0 spiro atoms. The molecule has 1 atom stereocenters. The van der Waals surface area contributed by atoms with Crippen molar-refractivity contribution in [1.82, 2.24) is 15.8 Å². The third kappa shape index (κ3) is 3.71. The smallest absolute Gasteiger partial charge is 0.290 e. The van der Waals surface area contributed by atoms with E-state index >= 15 is 0 Å². The summed E-state index contributed by atoms with van der Waals surface area (Å²) in [6.07, 6.45) is 1.74. The van der Waals surface area contributed by atoms with Gasteiger partial charge in [0.1, 0.15) is 17.6 Å². The quantitative estimate of drug-likeness (QED) is 0.649. The van der Waals surface area contributed by atoms with E-state index in [-0.39, 0.29) is 18.2 Å². The summed E-state index contributed by atoms with van der Waals surface area (Å²) in [5.74, 6) is -0.153. The van der Waals surface area contributed by atoms with Crippen molar-refractivity contribution < 1.29 is 23.2 Å². The molecule has 0 saturated carbocycles. The van der Waals surface area contributed by atoms with Crippen LogP contribution in [0.25, 0.3) is 0 Å². The highest BCUT2D eigenvalue weighted by Crippen LogP contribution is 2.25. The zero-order valence-electron chi connectivity index (χ0n) is 16.6. The topological polar surface area (TPSA) is 105 Å². The van der Waals surface area contributed by atoms with E-state index in [0.29, 0.717) is 23.5 Å². The fourth-order valence-corrected chi connectivity index (χ4v) is 3.64. The molecule has 3 amide bonds. The van der Waals surface area contributed by atoms with E-state index in [0.717, 1.165) is 11.1 Å². The van der Waals surface area contributed by atoms with Crippen LogP contribution in [-0.4, -0.2) is 28.7 Å². The third-order valence-electron chi connectivity index (χ3n) is 5.13. The molecule has 1 aliphatic rings. The molecule has 8 nitrogen and oxygen atoms in total. The highest BCUT2D eigenvalue weighted by atomic mass is 16.3. The molecule has 2 N–H and O–H groups in total. The first kappa shape index (κ1) is 19.5. The van der Waals surface area contributed by atoms with Gasteiger partial charge in [0.25, 0.3) is 17.7 Å². The largest absolute Gasteiger partial charge is 0.466 e. The van der Waals surface area contributed by atoms with Gasteiger partial charge in [0, 0.05) is 13.0 Å². The van der Waals surface area contributed by atoms with Crippen LogP contribution in [-0.2, 0) is 17.8 Å². The molecule has 0 fully saturated rings. The number of carbonyl (C=O) groups excluding carboxylic acids is 3. The summed E-state index contributed by atoms with van der Waals surface area (Å²) < 4.78 is 10.6. The Bertz CT molecular complexity index is 1100. The molecule has 3 aromatic rings. The first-order valence-corrected chi connectivity index (χ1v) is 9.52. The number of hydrazine groups is 1. The minimum atomic E-state index is -0.801. The molecular formula is C22H21N3O5. The summed E-state index contributed by atoms with van der Waals surface area (Å²) in [4.78, 5) is 39.7. The van der Waals surface area contributed by atoms with Gasteiger partial charge in [0.05, 0.1) is 11.8 Å². The standard InChI is InChI=1S/C22H21N3O5/c1-13-10-17(14(2)30-13)20(26)23-24-21(27)18-11-15-6-3-4-7-16(15)12-25(18)22(28)19-8-5-9-29-19/h3-10,18H,11-12H2,1-2H3,(H,23,26)(H,24,27). The number of rotatable bonds is 3. The molecule has 0 aliphatic carbocycles. The van der Waals surface area contributed by atoms with Crippen LogP contribution in [0.3, 0.4) is 0 Å². The number of furan rings is 2. The van der Waals surface area contributed by atoms with Crippen molar-refractivity contribution in [3.05, 3.63) is 82.7 Å². The minimum Gasteiger partial charge on any atom is -0.466 e. The number of nitrogens with zero attached hydrogens (tertiary/aromatic N) is 1. The maximum atomic E-state index is 12.9. The first-order chi connectivity index (χ1) is 14.4. The highest BCUT2D eigenvalue weighted by molar-refractivity contribution is 5.98. The van der Waals surface area contributed by atoms with Crippen LogP contribution in [0.4, 0.5) is 0 Å². The lowest BCUT2D eigenvalue weighted by molar-refractivity contribution is -0.127. The molecule has 0 saturated heterocycles. The molecule has 8 heteroatoms. The molecule has 1 aromatic carbocycles. The van der Waals surface area contributed by atoms with Gasteiger partial charge in [-0.25, -0.2) is 0 Å². The average molecular weight is 407 g/mol. The number of carbonyl (C=O) groups is 3. The molecule has 0 bridgehead atoms. The molecule has 154 valence electrons. The molecular weight excluding hydrogens is 386 g/mol. The Hall–Kier alpha value is -3.81. The van der Waals surface area contributed by atoms with Crippen molar-refractivity contribution >= 4 is 17.7 Å². The number of aryl methyl sites for hydroxylation is 2. The van der Waals surface area contributed by atoms with Gasteiger partial charge in [-0.2, -0.15) is 0 Å². The molecule has 4 rings (SSSR count). The first-order valence-electron chi connectivity index (χ1n) is 9.52. The number of hydrogen-bond acceptors (Lipinski definition) is 5. The van der Waals surface area contributed by atoms with Crippen molar-refractivity contribution in [1.29, 1.82) is 0 Å². The average Bonchev–Trinajstić information content (AvgIpc) is 3.39. The van der Waals surface area contributed by atoms with Gasteiger partial charge in [-0.05, 0) is 43.2 Å². The Labute approximate surface area is 172 Å². The number of amides is 3. The molecule has 1 aliphatic heterocycles. The van der Waals surface area contributed by atoms with E-state index in [2.05, 4.69) is 10.9 Å². The third-order valence-corrected chi connectivity index (χ3v) is 5.13. The fourth-order valence-electron chi connectivity index (χ4n) is 3.64. The molecule has 1 unspecified atom stereocenters.